The maximum atomic E-state index is 4.63. The Morgan fingerprint density at radius 2 is 1.64 bits per heavy atom. The van der Waals surface area contributed by atoms with Gasteiger partial charge in [-0.15, -0.1) is 0 Å². The standard InChI is InChI=1S/C19H13N3/c1-22-10-17-16-8-13-9-20-6-4-12(13)7-15(16)14-3-2-5-21-19(14)18(17)11-22/h2-11H,1H3. The molecule has 0 bridgehead atoms. The van der Waals surface area contributed by atoms with Gasteiger partial charge in [0.05, 0.1) is 5.52 Å². The molecule has 0 saturated carbocycles. The zero-order valence-corrected chi connectivity index (χ0v) is 12.1. The van der Waals surface area contributed by atoms with E-state index in [0.717, 1.165) is 5.52 Å². The summed E-state index contributed by atoms with van der Waals surface area (Å²) in [6.45, 7) is 0. The van der Waals surface area contributed by atoms with Crippen LogP contribution in [0.15, 0.2) is 61.3 Å². The number of aromatic nitrogens is 3. The van der Waals surface area contributed by atoms with Gasteiger partial charge >= 0.3 is 0 Å². The summed E-state index contributed by atoms with van der Waals surface area (Å²) in [6, 6.07) is 10.7. The molecule has 0 radical (unpaired) electrons. The van der Waals surface area contributed by atoms with E-state index in [1.54, 1.807) is 0 Å². The lowest BCUT2D eigenvalue weighted by Crippen LogP contribution is -1.84. The zero-order valence-electron chi connectivity index (χ0n) is 12.1. The quantitative estimate of drug-likeness (QED) is 0.311. The second kappa shape index (κ2) is 4.04. The van der Waals surface area contributed by atoms with E-state index in [-0.39, 0.29) is 0 Å². The minimum absolute atomic E-state index is 1.07. The number of benzene rings is 2. The van der Waals surface area contributed by atoms with Crippen LogP contribution in [0.4, 0.5) is 0 Å². The molecule has 0 saturated heterocycles. The molecular weight excluding hydrogens is 270 g/mol. The summed E-state index contributed by atoms with van der Waals surface area (Å²) in [5, 5.41) is 8.54. The molecular formula is C19H13N3. The third-order valence-corrected chi connectivity index (χ3v) is 4.38. The molecule has 0 amide bonds. The summed E-state index contributed by atoms with van der Waals surface area (Å²) in [5.41, 5.74) is 1.07. The molecule has 0 fully saturated rings. The third-order valence-electron chi connectivity index (χ3n) is 4.38. The largest absolute Gasteiger partial charge is 0.356 e. The molecule has 3 aromatic heterocycles. The van der Waals surface area contributed by atoms with Crippen molar-refractivity contribution in [2.24, 2.45) is 7.05 Å². The van der Waals surface area contributed by atoms with Crippen molar-refractivity contribution >= 4 is 43.2 Å². The van der Waals surface area contributed by atoms with Gasteiger partial charge in [0.25, 0.3) is 0 Å². The first-order valence-electron chi connectivity index (χ1n) is 7.31. The van der Waals surface area contributed by atoms with Crippen LogP contribution in [0, 0.1) is 0 Å². The lowest BCUT2D eigenvalue weighted by Gasteiger charge is -2.08. The summed E-state index contributed by atoms with van der Waals surface area (Å²) < 4.78 is 2.10. The van der Waals surface area contributed by atoms with E-state index in [1.807, 2.05) is 24.7 Å². The van der Waals surface area contributed by atoms with Crippen molar-refractivity contribution in [2.45, 2.75) is 0 Å². The molecule has 5 rings (SSSR count). The molecule has 3 heterocycles. The van der Waals surface area contributed by atoms with Crippen LogP contribution in [0.1, 0.15) is 0 Å². The highest BCUT2D eigenvalue weighted by Crippen LogP contribution is 2.36. The molecule has 0 atom stereocenters. The second-order valence-electron chi connectivity index (χ2n) is 5.77. The van der Waals surface area contributed by atoms with E-state index in [0.29, 0.717) is 0 Å². The van der Waals surface area contributed by atoms with Gasteiger partial charge in [0, 0.05) is 59.6 Å². The van der Waals surface area contributed by atoms with E-state index >= 15 is 0 Å². The lowest BCUT2D eigenvalue weighted by molar-refractivity contribution is 0.934. The van der Waals surface area contributed by atoms with Gasteiger partial charge < -0.3 is 4.57 Å². The first kappa shape index (κ1) is 11.7. The van der Waals surface area contributed by atoms with Crippen LogP contribution in [0.25, 0.3) is 43.2 Å². The van der Waals surface area contributed by atoms with Crippen LogP contribution in [0.5, 0.6) is 0 Å². The smallest absolute Gasteiger partial charge is 0.0802 e. The molecule has 3 nitrogen and oxygen atoms in total. The van der Waals surface area contributed by atoms with Gasteiger partial charge in [0.15, 0.2) is 0 Å². The number of hydrogen-bond acceptors (Lipinski definition) is 2. The molecule has 0 aliphatic heterocycles. The average Bonchev–Trinajstić information content (AvgIpc) is 2.95. The molecule has 0 spiro atoms. The Hall–Kier alpha value is -2.94. The lowest BCUT2D eigenvalue weighted by atomic mass is 9.97. The average molecular weight is 283 g/mol. The Labute approximate surface area is 126 Å². The molecule has 3 heteroatoms. The van der Waals surface area contributed by atoms with Crippen molar-refractivity contribution in [3.8, 4) is 0 Å². The van der Waals surface area contributed by atoms with Gasteiger partial charge in [-0.25, -0.2) is 0 Å². The molecule has 0 aliphatic rings. The molecule has 5 aromatic rings. The molecule has 0 N–H and O–H groups in total. The number of aryl methyl sites for hydroxylation is 1. The zero-order chi connectivity index (χ0) is 14.7. The molecule has 0 aliphatic carbocycles. The summed E-state index contributed by atoms with van der Waals surface area (Å²) >= 11 is 0. The van der Waals surface area contributed by atoms with Gasteiger partial charge in [-0.2, -0.15) is 0 Å². The van der Waals surface area contributed by atoms with Gasteiger partial charge in [0.1, 0.15) is 0 Å². The van der Waals surface area contributed by atoms with E-state index in [4.69, 9.17) is 0 Å². The number of fused-ring (bicyclic) bond motifs is 7. The summed E-state index contributed by atoms with van der Waals surface area (Å²) in [7, 11) is 2.06. The molecule has 22 heavy (non-hydrogen) atoms. The first-order valence-corrected chi connectivity index (χ1v) is 7.31. The van der Waals surface area contributed by atoms with E-state index in [2.05, 4.69) is 58.2 Å². The van der Waals surface area contributed by atoms with Crippen LogP contribution in [0.2, 0.25) is 0 Å². The minimum Gasteiger partial charge on any atom is -0.356 e. The maximum Gasteiger partial charge on any atom is 0.0802 e. The number of hydrogen-bond donors (Lipinski definition) is 0. The number of nitrogens with zero attached hydrogens (tertiary/aromatic N) is 3. The minimum atomic E-state index is 1.07. The Bertz CT molecular complexity index is 1190. The SMILES string of the molecule is Cn1cc2c3cc4cnccc4cc3c3cccnc3c2c1. The summed E-state index contributed by atoms with van der Waals surface area (Å²) in [5.74, 6) is 0. The van der Waals surface area contributed by atoms with Crippen LogP contribution < -0.4 is 0 Å². The highest BCUT2D eigenvalue weighted by molar-refractivity contribution is 6.26. The van der Waals surface area contributed by atoms with Crippen molar-refractivity contribution in [3.63, 3.8) is 0 Å². The Kier molecular flexibility index (Phi) is 2.15. The fourth-order valence-corrected chi connectivity index (χ4v) is 3.41. The van der Waals surface area contributed by atoms with Gasteiger partial charge in [-0.05, 0) is 40.4 Å². The van der Waals surface area contributed by atoms with Crippen molar-refractivity contribution in [1.29, 1.82) is 0 Å². The molecule has 2 aromatic carbocycles. The molecule has 0 unspecified atom stereocenters. The fourth-order valence-electron chi connectivity index (χ4n) is 3.41. The predicted octanol–water partition coefficient (Wildman–Crippen LogP) is 4.43. The van der Waals surface area contributed by atoms with Crippen molar-refractivity contribution in [2.75, 3.05) is 0 Å². The van der Waals surface area contributed by atoms with Crippen molar-refractivity contribution < 1.29 is 0 Å². The van der Waals surface area contributed by atoms with Gasteiger partial charge in [-0.1, -0.05) is 6.07 Å². The third kappa shape index (κ3) is 1.45. The topological polar surface area (TPSA) is 30.7 Å². The number of rotatable bonds is 0. The fraction of sp³-hybridized carbons (Fsp3) is 0.0526. The maximum absolute atomic E-state index is 4.63. The van der Waals surface area contributed by atoms with E-state index in [9.17, 15) is 0 Å². The first-order chi connectivity index (χ1) is 10.8. The van der Waals surface area contributed by atoms with E-state index in [1.165, 1.54) is 37.7 Å². The summed E-state index contributed by atoms with van der Waals surface area (Å²) in [4.78, 5) is 8.88. The van der Waals surface area contributed by atoms with Crippen molar-refractivity contribution in [1.82, 2.24) is 14.5 Å². The second-order valence-corrected chi connectivity index (χ2v) is 5.77. The van der Waals surface area contributed by atoms with Gasteiger partial charge in [0.2, 0.25) is 0 Å². The van der Waals surface area contributed by atoms with Crippen LogP contribution in [0.3, 0.4) is 0 Å². The Morgan fingerprint density at radius 3 is 2.59 bits per heavy atom. The van der Waals surface area contributed by atoms with Gasteiger partial charge in [-0.3, -0.25) is 9.97 Å². The number of pyridine rings is 2. The van der Waals surface area contributed by atoms with Crippen LogP contribution in [-0.2, 0) is 7.05 Å². The Morgan fingerprint density at radius 1 is 0.818 bits per heavy atom. The van der Waals surface area contributed by atoms with E-state index < -0.39 is 0 Å². The highest BCUT2D eigenvalue weighted by Gasteiger charge is 2.11. The van der Waals surface area contributed by atoms with Crippen LogP contribution >= 0.6 is 0 Å². The predicted molar refractivity (Wildman–Crippen MR) is 91.0 cm³/mol. The normalized spacial score (nSPS) is 11.9. The monoisotopic (exact) mass is 283 g/mol. The highest BCUT2D eigenvalue weighted by atomic mass is 14.9. The van der Waals surface area contributed by atoms with Crippen LogP contribution in [-0.4, -0.2) is 14.5 Å². The van der Waals surface area contributed by atoms with Crippen molar-refractivity contribution in [3.05, 3.63) is 61.3 Å². The molecule has 104 valence electrons. The Balaban J connectivity index is 2.17. The summed E-state index contributed by atoms with van der Waals surface area (Å²) in [6.07, 6.45) is 9.96.